The van der Waals surface area contributed by atoms with E-state index < -0.39 is 0 Å². The SMILES string of the molecule is CNc1ccc(C(=O)Nc2cc(C)on2)c(C)c1. The van der Waals surface area contributed by atoms with Gasteiger partial charge in [0.15, 0.2) is 5.82 Å². The van der Waals surface area contributed by atoms with Crippen LogP contribution in [0.3, 0.4) is 0 Å². The zero-order chi connectivity index (χ0) is 13.1. The molecule has 0 saturated heterocycles. The molecule has 0 atom stereocenters. The molecule has 1 heterocycles. The van der Waals surface area contributed by atoms with E-state index in [0.717, 1.165) is 11.3 Å². The molecule has 1 amide bonds. The van der Waals surface area contributed by atoms with Crippen LogP contribution >= 0.6 is 0 Å². The number of hydrogen-bond donors (Lipinski definition) is 2. The van der Waals surface area contributed by atoms with Crippen molar-refractivity contribution in [1.29, 1.82) is 0 Å². The lowest BCUT2D eigenvalue weighted by Crippen LogP contribution is -2.13. The van der Waals surface area contributed by atoms with E-state index in [0.29, 0.717) is 17.1 Å². The molecule has 5 heteroatoms. The van der Waals surface area contributed by atoms with E-state index >= 15 is 0 Å². The van der Waals surface area contributed by atoms with Crippen LogP contribution in [-0.2, 0) is 0 Å². The molecular formula is C13H15N3O2. The lowest BCUT2D eigenvalue weighted by atomic mass is 10.1. The Hall–Kier alpha value is -2.30. The Morgan fingerprint density at radius 1 is 1.28 bits per heavy atom. The fourth-order valence-electron chi connectivity index (χ4n) is 1.68. The molecule has 94 valence electrons. The fourth-order valence-corrected chi connectivity index (χ4v) is 1.68. The van der Waals surface area contributed by atoms with Crippen LogP contribution in [0, 0.1) is 13.8 Å². The third kappa shape index (κ3) is 2.51. The third-order valence-corrected chi connectivity index (χ3v) is 2.63. The van der Waals surface area contributed by atoms with Gasteiger partial charge in [0.2, 0.25) is 0 Å². The lowest BCUT2D eigenvalue weighted by Gasteiger charge is -2.07. The van der Waals surface area contributed by atoms with Gasteiger partial charge in [-0.15, -0.1) is 0 Å². The quantitative estimate of drug-likeness (QED) is 0.872. The van der Waals surface area contributed by atoms with Crippen molar-refractivity contribution in [2.75, 3.05) is 17.7 Å². The van der Waals surface area contributed by atoms with Gasteiger partial charge < -0.3 is 15.2 Å². The Balaban J connectivity index is 2.18. The minimum atomic E-state index is -0.191. The number of amides is 1. The predicted octanol–water partition coefficient (Wildman–Crippen LogP) is 2.59. The number of benzene rings is 1. The molecule has 0 unspecified atom stereocenters. The first-order chi connectivity index (χ1) is 8.60. The highest BCUT2D eigenvalue weighted by Crippen LogP contribution is 2.16. The topological polar surface area (TPSA) is 67.2 Å². The molecule has 0 aliphatic heterocycles. The Bertz CT molecular complexity index is 575. The molecule has 2 N–H and O–H groups in total. The van der Waals surface area contributed by atoms with Crippen molar-refractivity contribution >= 4 is 17.4 Å². The van der Waals surface area contributed by atoms with Crippen molar-refractivity contribution < 1.29 is 9.32 Å². The van der Waals surface area contributed by atoms with Gasteiger partial charge in [-0.2, -0.15) is 0 Å². The van der Waals surface area contributed by atoms with E-state index in [-0.39, 0.29) is 5.91 Å². The van der Waals surface area contributed by atoms with Crippen LogP contribution in [0.4, 0.5) is 11.5 Å². The first kappa shape index (κ1) is 12.2. The molecule has 2 rings (SSSR count). The number of aromatic nitrogens is 1. The fraction of sp³-hybridized carbons (Fsp3) is 0.231. The van der Waals surface area contributed by atoms with Crippen LogP contribution in [-0.4, -0.2) is 18.1 Å². The standard InChI is InChI=1S/C13H15N3O2/c1-8-6-10(14-3)4-5-11(8)13(17)15-12-7-9(2)18-16-12/h4-7,14H,1-3H3,(H,15,16,17). The number of carbonyl (C=O) groups excluding carboxylic acids is 1. The summed E-state index contributed by atoms with van der Waals surface area (Å²) >= 11 is 0. The molecule has 1 aromatic heterocycles. The van der Waals surface area contributed by atoms with Gasteiger partial charge in [-0.1, -0.05) is 5.16 Å². The molecule has 5 nitrogen and oxygen atoms in total. The summed E-state index contributed by atoms with van der Waals surface area (Å²) in [4.78, 5) is 12.0. The maximum atomic E-state index is 12.0. The normalized spacial score (nSPS) is 10.2. The van der Waals surface area contributed by atoms with Crippen LogP contribution in [0.2, 0.25) is 0 Å². The van der Waals surface area contributed by atoms with E-state index in [1.807, 2.05) is 26.1 Å². The number of anilines is 2. The maximum absolute atomic E-state index is 12.0. The van der Waals surface area contributed by atoms with Crippen molar-refractivity contribution in [1.82, 2.24) is 5.16 Å². The Kier molecular flexibility index (Phi) is 3.32. The molecular weight excluding hydrogens is 230 g/mol. The number of nitrogens with zero attached hydrogens (tertiary/aromatic N) is 1. The van der Waals surface area contributed by atoms with E-state index in [9.17, 15) is 4.79 Å². The second kappa shape index (κ2) is 4.91. The van der Waals surface area contributed by atoms with Crippen LogP contribution in [0.15, 0.2) is 28.8 Å². The second-order valence-electron chi connectivity index (χ2n) is 4.06. The highest BCUT2D eigenvalue weighted by Gasteiger charge is 2.11. The summed E-state index contributed by atoms with van der Waals surface area (Å²) in [6.07, 6.45) is 0. The van der Waals surface area contributed by atoms with Crippen molar-refractivity contribution in [2.24, 2.45) is 0 Å². The zero-order valence-electron chi connectivity index (χ0n) is 10.6. The highest BCUT2D eigenvalue weighted by molar-refractivity contribution is 6.05. The average molecular weight is 245 g/mol. The Labute approximate surface area is 105 Å². The Morgan fingerprint density at radius 2 is 2.06 bits per heavy atom. The lowest BCUT2D eigenvalue weighted by molar-refractivity contribution is 0.102. The summed E-state index contributed by atoms with van der Waals surface area (Å²) in [5.74, 6) is 0.894. The van der Waals surface area contributed by atoms with Crippen LogP contribution in [0.5, 0.6) is 0 Å². The van der Waals surface area contributed by atoms with Gasteiger partial charge in [-0.3, -0.25) is 4.79 Å². The van der Waals surface area contributed by atoms with E-state index in [2.05, 4.69) is 15.8 Å². The van der Waals surface area contributed by atoms with Crippen molar-refractivity contribution in [3.05, 3.63) is 41.2 Å². The Morgan fingerprint density at radius 3 is 2.61 bits per heavy atom. The van der Waals surface area contributed by atoms with Crippen LogP contribution in [0.1, 0.15) is 21.7 Å². The van der Waals surface area contributed by atoms with E-state index in [1.165, 1.54) is 0 Å². The second-order valence-corrected chi connectivity index (χ2v) is 4.06. The van der Waals surface area contributed by atoms with Gasteiger partial charge in [0.25, 0.3) is 5.91 Å². The van der Waals surface area contributed by atoms with Crippen LogP contribution < -0.4 is 10.6 Å². The molecule has 2 aromatic rings. The molecule has 0 saturated carbocycles. The summed E-state index contributed by atoms with van der Waals surface area (Å²) in [5.41, 5.74) is 2.50. The summed E-state index contributed by atoms with van der Waals surface area (Å²) in [6, 6.07) is 7.23. The summed E-state index contributed by atoms with van der Waals surface area (Å²) in [5, 5.41) is 9.45. The number of carbonyl (C=O) groups is 1. The number of aryl methyl sites for hydroxylation is 2. The summed E-state index contributed by atoms with van der Waals surface area (Å²) in [6.45, 7) is 3.67. The number of nitrogens with one attached hydrogen (secondary N) is 2. The maximum Gasteiger partial charge on any atom is 0.257 e. The molecule has 0 spiro atoms. The molecule has 0 radical (unpaired) electrons. The molecule has 1 aromatic carbocycles. The van der Waals surface area contributed by atoms with Gasteiger partial charge in [0.1, 0.15) is 5.76 Å². The zero-order valence-corrected chi connectivity index (χ0v) is 10.6. The first-order valence-electron chi connectivity index (χ1n) is 5.63. The first-order valence-corrected chi connectivity index (χ1v) is 5.63. The predicted molar refractivity (Wildman–Crippen MR) is 69.9 cm³/mol. The largest absolute Gasteiger partial charge is 0.388 e. The molecule has 0 aliphatic carbocycles. The molecule has 0 aliphatic rings. The summed E-state index contributed by atoms with van der Waals surface area (Å²) in [7, 11) is 1.84. The van der Waals surface area contributed by atoms with Crippen molar-refractivity contribution in [2.45, 2.75) is 13.8 Å². The smallest absolute Gasteiger partial charge is 0.257 e. The minimum absolute atomic E-state index is 0.191. The number of hydrogen-bond acceptors (Lipinski definition) is 4. The van der Waals surface area contributed by atoms with Crippen LogP contribution in [0.25, 0.3) is 0 Å². The molecule has 18 heavy (non-hydrogen) atoms. The van der Waals surface area contributed by atoms with Gasteiger partial charge in [0.05, 0.1) is 0 Å². The van der Waals surface area contributed by atoms with Gasteiger partial charge in [0, 0.05) is 24.4 Å². The van der Waals surface area contributed by atoms with Gasteiger partial charge in [-0.25, -0.2) is 0 Å². The van der Waals surface area contributed by atoms with Gasteiger partial charge in [-0.05, 0) is 37.6 Å². The third-order valence-electron chi connectivity index (χ3n) is 2.63. The monoisotopic (exact) mass is 245 g/mol. The highest BCUT2D eigenvalue weighted by atomic mass is 16.5. The van der Waals surface area contributed by atoms with Crippen molar-refractivity contribution in [3.8, 4) is 0 Å². The van der Waals surface area contributed by atoms with E-state index in [4.69, 9.17) is 4.52 Å². The molecule has 0 fully saturated rings. The van der Waals surface area contributed by atoms with Crippen molar-refractivity contribution in [3.63, 3.8) is 0 Å². The summed E-state index contributed by atoms with van der Waals surface area (Å²) < 4.78 is 4.89. The average Bonchev–Trinajstić information content (AvgIpc) is 2.74. The molecule has 0 bridgehead atoms. The number of rotatable bonds is 3. The minimum Gasteiger partial charge on any atom is -0.388 e. The van der Waals surface area contributed by atoms with Gasteiger partial charge >= 0.3 is 0 Å². The van der Waals surface area contributed by atoms with E-state index in [1.54, 1.807) is 19.1 Å².